The van der Waals surface area contributed by atoms with E-state index in [4.69, 9.17) is 9.63 Å². The van der Waals surface area contributed by atoms with Gasteiger partial charge in [0.15, 0.2) is 5.76 Å². The summed E-state index contributed by atoms with van der Waals surface area (Å²) in [5.41, 5.74) is 0.619. The minimum atomic E-state index is -1.07. The number of carboxylic acids is 1. The molecule has 0 spiro atoms. The maximum atomic E-state index is 10.8. The third-order valence-electron chi connectivity index (χ3n) is 1.85. The highest BCUT2D eigenvalue weighted by Gasteiger charge is 2.18. The molecule has 2 heterocycles. The van der Waals surface area contributed by atoms with Gasteiger partial charge in [0.05, 0.1) is 6.20 Å². The molecule has 0 aliphatic carbocycles. The second kappa shape index (κ2) is 2.99. The number of rotatable bonds is 2. The second-order valence-corrected chi connectivity index (χ2v) is 2.71. The van der Waals surface area contributed by atoms with Crippen molar-refractivity contribution in [3.63, 3.8) is 0 Å². The van der Waals surface area contributed by atoms with Crippen LogP contribution in [-0.2, 0) is 7.05 Å². The van der Waals surface area contributed by atoms with Gasteiger partial charge in [-0.25, -0.2) is 4.79 Å². The Bertz CT molecular complexity index is 472. The fourth-order valence-corrected chi connectivity index (χ4v) is 1.17. The Kier molecular flexibility index (Phi) is 1.81. The molecule has 2 aromatic rings. The Morgan fingerprint density at radius 2 is 2.43 bits per heavy atom. The number of aryl methyl sites for hydroxylation is 1. The van der Waals surface area contributed by atoms with Crippen LogP contribution in [0.4, 0.5) is 0 Å². The van der Waals surface area contributed by atoms with Crippen molar-refractivity contribution in [1.82, 2.24) is 14.9 Å². The van der Waals surface area contributed by atoms with Crippen molar-refractivity contribution in [2.24, 2.45) is 7.05 Å². The summed E-state index contributed by atoms with van der Waals surface area (Å²) >= 11 is 0. The molecule has 14 heavy (non-hydrogen) atoms. The van der Waals surface area contributed by atoms with Gasteiger partial charge >= 0.3 is 5.97 Å². The third kappa shape index (κ3) is 1.17. The van der Waals surface area contributed by atoms with E-state index in [1.807, 2.05) is 0 Å². The van der Waals surface area contributed by atoms with Crippen LogP contribution in [0.15, 0.2) is 23.0 Å². The molecule has 72 valence electrons. The number of nitrogens with zero attached hydrogens (tertiary/aromatic N) is 3. The molecule has 0 saturated heterocycles. The van der Waals surface area contributed by atoms with Crippen LogP contribution in [0.5, 0.6) is 0 Å². The third-order valence-corrected chi connectivity index (χ3v) is 1.85. The van der Waals surface area contributed by atoms with Crippen LogP contribution < -0.4 is 0 Å². The monoisotopic (exact) mass is 193 g/mol. The van der Waals surface area contributed by atoms with E-state index in [-0.39, 0.29) is 11.3 Å². The maximum absolute atomic E-state index is 10.8. The van der Waals surface area contributed by atoms with Gasteiger partial charge in [-0.3, -0.25) is 4.68 Å². The smallest absolute Gasteiger partial charge is 0.341 e. The summed E-state index contributed by atoms with van der Waals surface area (Å²) < 4.78 is 6.38. The van der Waals surface area contributed by atoms with Crippen molar-refractivity contribution in [3.8, 4) is 11.5 Å². The number of carbonyl (C=O) groups is 1. The lowest BCUT2D eigenvalue weighted by molar-refractivity contribution is 0.0697. The zero-order valence-electron chi connectivity index (χ0n) is 7.34. The van der Waals surface area contributed by atoms with Gasteiger partial charge in [-0.1, -0.05) is 5.16 Å². The van der Waals surface area contributed by atoms with E-state index in [1.165, 1.54) is 10.9 Å². The molecule has 0 fully saturated rings. The van der Waals surface area contributed by atoms with Crippen LogP contribution in [0, 0.1) is 0 Å². The minimum Gasteiger partial charge on any atom is -0.477 e. The molecule has 1 N–H and O–H groups in total. The van der Waals surface area contributed by atoms with Crippen molar-refractivity contribution in [1.29, 1.82) is 0 Å². The molecule has 6 heteroatoms. The Morgan fingerprint density at radius 1 is 1.64 bits per heavy atom. The highest BCUT2D eigenvalue weighted by atomic mass is 16.5. The first kappa shape index (κ1) is 8.49. The van der Waals surface area contributed by atoms with Gasteiger partial charge in [-0.2, -0.15) is 5.10 Å². The first-order valence-electron chi connectivity index (χ1n) is 3.86. The molecule has 0 bridgehead atoms. The Balaban J connectivity index is 2.57. The summed E-state index contributed by atoms with van der Waals surface area (Å²) in [6, 6.07) is 1.66. The number of hydrogen-bond acceptors (Lipinski definition) is 4. The number of aromatic nitrogens is 3. The lowest BCUT2D eigenvalue weighted by Gasteiger charge is -1.97. The molecule has 0 atom stereocenters. The van der Waals surface area contributed by atoms with Gasteiger partial charge < -0.3 is 9.63 Å². The van der Waals surface area contributed by atoms with Crippen LogP contribution in [0.2, 0.25) is 0 Å². The van der Waals surface area contributed by atoms with Crippen LogP contribution >= 0.6 is 0 Å². The Morgan fingerprint density at radius 3 is 3.00 bits per heavy atom. The zero-order valence-corrected chi connectivity index (χ0v) is 7.34. The van der Waals surface area contributed by atoms with Gasteiger partial charge in [-0.15, -0.1) is 0 Å². The molecule has 0 aliphatic rings. The highest BCUT2D eigenvalue weighted by Crippen LogP contribution is 2.22. The largest absolute Gasteiger partial charge is 0.477 e. The van der Waals surface area contributed by atoms with Crippen LogP contribution in [0.1, 0.15) is 10.4 Å². The van der Waals surface area contributed by atoms with E-state index in [2.05, 4.69) is 10.3 Å². The average Bonchev–Trinajstić information content (AvgIpc) is 2.70. The molecule has 0 saturated carbocycles. The normalized spacial score (nSPS) is 10.4. The van der Waals surface area contributed by atoms with E-state index in [9.17, 15) is 4.79 Å². The van der Waals surface area contributed by atoms with E-state index >= 15 is 0 Å². The fraction of sp³-hybridized carbons (Fsp3) is 0.125. The molecule has 2 aromatic heterocycles. The summed E-state index contributed by atoms with van der Waals surface area (Å²) in [5, 5.41) is 16.2. The molecule has 2 rings (SSSR count). The molecule has 0 radical (unpaired) electrons. The van der Waals surface area contributed by atoms with E-state index < -0.39 is 5.97 Å². The summed E-state index contributed by atoms with van der Waals surface area (Å²) in [6.45, 7) is 0. The average molecular weight is 193 g/mol. The molecule has 0 unspecified atom stereocenters. The molecule has 6 nitrogen and oxygen atoms in total. The summed E-state index contributed by atoms with van der Waals surface area (Å²) in [7, 11) is 1.70. The van der Waals surface area contributed by atoms with Gasteiger partial charge in [-0.05, 0) is 6.07 Å². The topological polar surface area (TPSA) is 81.2 Å². The summed E-state index contributed by atoms with van der Waals surface area (Å²) in [5.74, 6) is -0.847. The van der Waals surface area contributed by atoms with Crippen molar-refractivity contribution in [3.05, 3.63) is 24.0 Å². The van der Waals surface area contributed by atoms with Gasteiger partial charge in [0.2, 0.25) is 0 Å². The molecule has 0 amide bonds. The quantitative estimate of drug-likeness (QED) is 0.761. The number of hydrogen-bond donors (Lipinski definition) is 1. The van der Waals surface area contributed by atoms with E-state index in [1.54, 1.807) is 19.3 Å². The van der Waals surface area contributed by atoms with Gasteiger partial charge in [0, 0.05) is 13.2 Å². The highest BCUT2D eigenvalue weighted by molar-refractivity contribution is 5.93. The van der Waals surface area contributed by atoms with Crippen molar-refractivity contribution in [2.45, 2.75) is 0 Å². The zero-order chi connectivity index (χ0) is 10.1. The van der Waals surface area contributed by atoms with Gasteiger partial charge in [0.1, 0.15) is 11.3 Å². The molecule has 0 aliphatic heterocycles. The predicted molar refractivity (Wildman–Crippen MR) is 45.7 cm³/mol. The SMILES string of the molecule is Cn1nccc1-c1oncc1C(=O)O. The number of aromatic carboxylic acids is 1. The van der Waals surface area contributed by atoms with E-state index in [0.717, 1.165) is 0 Å². The number of carboxylic acid groups (broad SMARTS) is 1. The first-order valence-corrected chi connectivity index (χ1v) is 3.86. The predicted octanol–water partition coefficient (Wildman–Crippen LogP) is 0.773. The van der Waals surface area contributed by atoms with E-state index in [0.29, 0.717) is 5.69 Å². The van der Waals surface area contributed by atoms with Crippen LogP contribution in [0.25, 0.3) is 11.5 Å². The lowest BCUT2D eigenvalue weighted by Crippen LogP contribution is -1.99. The Hall–Kier alpha value is -2.11. The fourth-order valence-electron chi connectivity index (χ4n) is 1.17. The summed E-state index contributed by atoms with van der Waals surface area (Å²) in [6.07, 6.45) is 2.73. The van der Waals surface area contributed by atoms with Crippen molar-refractivity contribution in [2.75, 3.05) is 0 Å². The first-order chi connectivity index (χ1) is 6.70. The lowest BCUT2D eigenvalue weighted by atomic mass is 10.2. The van der Waals surface area contributed by atoms with Crippen molar-refractivity contribution >= 4 is 5.97 Å². The molecular weight excluding hydrogens is 186 g/mol. The van der Waals surface area contributed by atoms with Crippen molar-refractivity contribution < 1.29 is 14.4 Å². The standard InChI is InChI=1S/C8H7N3O3/c1-11-6(2-3-9-11)7-5(8(12)13)4-10-14-7/h2-4H,1H3,(H,12,13). The Labute approximate surface area is 78.7 Å². The molecular formula is C8H7N3O3. The van der Waals surface area contributed by atoms with Crippen LogP contribution in [0.3, 0.4) is 0 Å². The van der Waals surface area contributed by atoms with Gasteiger partial charge in [0.25, 0.3) is 0 Å². The summed E-state index contributed by atoms with van der Waals surface area (Å²) in [4.78, 5) is 10.8. The molecule has 0 aromatic carbocycles. The minimum absolute atomic E-state index is 0.0357. The second-order valence-electron chi connectivity index (χ2n) is 2.71. The maximum Gasteiger partial charge on any atom is 0.341 e. The van der Waals surface area contributed by atoms with Crippen LogP contribution in [-0.4, -0.2) is 26.0 Å².